The van der Waals surface area contributed by atoms with Gasteiger partial charge in [0.05, 0.1) is 18.2 Å². The number of hydrogen-bond donors (Lipinski definition) is 1. The first-order valence-electron chi connectivity index (χ1n) is 8.85. The van der Waals surface area contributed by atoms with Gasteiger partial charge in [-0.3, -0.25) is 4.79 Å². The minimum atomic E-state index is -0.240. The second-order valence-electron chi connectivity index (χ2n) is 6.67. The molecule has 1 aliphatic heterocycles. The Morgan fingerprint density at radius 2 is 2.00 bits per heavy atom. The third kappa shape index (κ3) is 3.30. The standard InChI is InChI=1S/C21H20ClN3O2/c1-13-10-16(22)19(27-2)12-17(13)23-21-24-20(26)11-15-8-9-18(25(15)21)14-6-4-3-5-7-14/h3-7,10-12,18H,8-9H2,1-2H3,(H,23,24,26). The lowest BCUT2D eigenvalue weighted by molar-refractivity contribution is 0.415. The molecule has 0 radical (unpaired) electrons. The van der Waals surface area contributed by atoms with E-state index in [1.54, 1.807) is 13.2 Å². The molecule has 0 spiro atoms. The van der Waals surface area contributed by atoms with Crippen LogP contribution in [0.3, 0.4) is 0 Å². The molecule has 0 fully saturated rings. The van der Waals surface area contributed by atoms with Crippen LogP contribution in [0.25, 0.3) is 0 Å². The molecule has 4 rings (SSSR count). The fraction of sp³-hybridized carbons (Fsp3) is 0.238. The predicted molar refractivity (Wildman–Crippen MR) is 107 cm³/mol. The molecule has 1 aliphatic rings. The molecule has 1 aromatic heterocycles. The minimum Gasteiger partial charge on any atom is -0.495 e. The largest absolute Gasteiger partial charge is 0.495 e. The summed E-state index contributed by atoms with van der Waals surface area (Å²) < 4.78 is 7.45. The number of fused-ring (bicyclic) bond motifs is 1. The van der Waals surface area contributed by atoms with Crippen LogP contribution in [-0.2, 0) is 6.42 Å². The Hall–Kier alpha value is -2.79. The summed E-state index contributed by atoms with van der Waals surface area (Å²) in [6.07, 6.45) is 1.78. The summed E-state index contributed by atoms with van der Waals surface area (Å²) in [7, 11) is 1.58. The number of nitrogens with zero attached hydrogens (tertiary/aromatic N) is 2. The monoisotopic (exact) mass is 381 g/mol. The van der Waals surface area contributed by atoms with E-state index in [9.17, 15) is 4.79 Å². The molecule has 0 saturated carbocycles. The third-order valence-electron chi connectivity index (χ3n) is 4.96. The normalized spacial score (nSPS) is 15.4. The number of ether oxygens (including phenoxy) is 1. The van der Waals surface area contributed by atoms with Crippen LogP contribution in [0, 0.1) is 6.92 Å². The van der Waals surface area contributed by atoms with Crippen LogP contribution in [0.2, 0.25) is 5.02 Å². The van der Waals surface area contributed by atoms with Crippen molar-refractivity contribution >= 4 is 23.2 Å². The number of anilines is 2. The van der Waals surface area contributed by atoms with E-state index in [4.69, 9.17) is 16.3 Å². The Morgan fingerprint density at radius 3 is 2.74 bits per heavy atom. The lowest BCUT2D eigenvalue weighted by Crippen LogP contribution is -2.19. The highest BCUT2D eigenvalue weighted by molar-refractivity contribution is 6.32. The van der Waals surface area contributed by atoms with Gasteiger partial charge >= 0.3 is 0 Å². The molecule has 0 bridgehead atoms. The Morgan fingerprint density at radius 1 is 1.22 bits per heavy atom. The van der Waals surface area contributed by atoms with E-state index in [1.165, 1.54) is 5.56 Å². The fourth-order valence-electron chi connectivity index (χ4n) is 3.64. The van der Waals surface area contributed by atoms with E-state index in [1.807, 2.05) is 37.3 Å². The zero-order valence-electron chi connectivity index (χ0n) is 15.2. The van der Waals surface area contributed by atoms with Gasteiger partial charge in [-0.05, 0) is 37.0 Å². The van der Waals surface area contributed by atoms with Crippen molar-refractivity contribution in [3.8, 4) is 5.75 Å². The van der Waals surface area contributed by atoms with E-state index in [-0.39, 0.29) is 11.6 Å². The van der Waals surface area contributed by atoms with Crippen LogP contribution in [-0.4, -0.2) is 16.7 Å². The number of rotatable bonds is 4. The smallest absolute Gasteiger partial charge is 0.274 e. The van der Waals surface area contributed by atoms with Crippen molar-refractivity contribution < 1.29 is 4.74 Å². The van der Waals surface area contributed by atoms with E-state index < -0.39 is 0 Å². The van der Waals surface area contributed by atoms with Gasteiger partial charge in [-0.25, -0.2) is 0 Å². The fourth-order valence-corrected chi connectivity index (χ4v) is 3.93. The van der Waals surface area contributed by atoms with E-state index in [0.717, 1.165) is 29.8 Å². The molecular formula is C21H20ClN3O2. The lowest BCUT2D eigenvalue weighted by atomic mass is 10.1. The number of methoxy groups -OCH3 is 1. The molecule has 0 aliphatic carbocycles. The summed E-state index contributed by atoms with van der Waals surface area (Å²) in [5, 5.41) is 3.88. The average molecular weight is 382 g/mol. The first-order chi connectivity index (χ1) is 13.1. The summed E-state index contributed by atoms with van der Waals surface area (Å²) in [5.74, 6) is 1.11. The second kappa shape index (κ2) is 7.08. The molecule has 6 heteroatoms. The maximum atomic E-state index is 12.1. The van der Waals surface area contributed by atoms with Gasteiger partial charge in [-0.2, -0.15) is 4.98 Å². The van der Waals surface area contributed by atoms with Crippen molar-refractivity contribution in [2.75, 3.05) is 12.4 Å². The van der Waals surface area contributed by atoms with Gasteiger partial charge in [-0.1, -0.05) is 41.9 Å². The topological polar surface area (TPSA) is 56.1 Å². The maximum absolute atomic E-state index is 12.1. The number of hydrogen-bond acceptors (Lipinski definition) is 4. The number of aryl methyl sites for hydroxylation is 2. The number of halogens is 1. The highest BCUT2D eigenvalue weighted by Gasteiger charge is 2.26. The third-order valence-corrected chi connectivity index (χ3v) is 5.25. The average Bonchev–Trinajstić information content (AvgIpc) is 3.08. The van der Waals surface area contributed by atoms with Crippen molar-refractivity contribution in [3.63, 3.8) is 0 Å². The highest BCUT2D eigenvalue weighted by Crippen LogP contribution is 2.36. The molecule has 1 N–H and O–H groups in total. The first kappa shape index (κ1) is 17.6. The summed E-state index contributed by atoms with van der Waals surface area (Å²) in [5.41, 5.74) is 3.71. The molecule has 3 aromatic rings. The van der Waals surface area contributed by atoms with Crippen LogP contribution >= 0.6 is 11.6 Å². The molecule has 138 valence electrons. The lowest BCUT2D eigenvalue weighted by Gasteiger charge is -2.21. The predicted octanol–water partition coefficient (Wildman–Crippen LogP) is 4.49. The number of aromatic nitrogens is 2. The Kier molecular flexibility index (Phi) is 4.62. The Labute approximate surface area is 162 Å². The van der Waals surface area contributed by atoms with Gasteiger partial charge in [0.25, 0.3) is 5.56 Å². The Bertz CT molecular complexity index is 1050. The van der Waals surface area contributed by atoms with Gasteiger partial charge in [0.15, 0.2) is 0 Å². The quantitative estimate of drug-likeness (QED) is 0.723. The molecule has 27 heavy (non-hydrogen) atoms. The molecule has 5 nitrogen and oxygen atoms in total. The van der Waals surface area contributed by atoms with Crippen LogP contribution in [0.1, 0.15) is 29.3 Å². The van der Waals surface area contributed by atoms with Gasteiger partial charge < -0.3 is 14.6 Å². The van der Waals surface area contributed by atoms with Gasteiger partial charge in [0.2, 0.25) is 5.95 Å². The molecular weight excluding hydrogens is 362 g/mol. The molecule has 0 saturated heterocycles. The Balaban J connectivity index is 1.80. The van der Waals surface area contributed by atoms with Crippen LogP contribution in [0.5, 0.6) is 5.75 Å². The molecule has 1 atom stereocenters. The first-order valence-corrected chi connectivity index (χ1v) is 9.23. The van der Waals surface area contributed by atoms with E-state index >= 15 is 0 Å². The zero-order valence-corrected chi connectivity index (χ0v) is 16.0. The van der Waals surface area contributed by atoms with Crippen molar-refractivity contribution in [1.82, 2.24) is 9.55 Å². The zero-order chi connectivity index (χ0) is 19.0. The maximum Gasteiger partial charge on any atom is 0.274 e. The summed E-state index contributed by atoms with van der Waals surface area (Å²) in [4.78, 5) is 16.4. The summed E-state index contributed by atoms with van der Waals surface area (Å²) in [6.45, 7) is 1.95. The van der Waals surface area contributed by atoms with Crippen molar-refractivity contribution in [2.24, 2.45) is 0 Å². The minimum absolute atomic E-state index is 0.145. The SMILES string of the molecule is COc1cc(Nc2nc(=O)cc3n2C(c2ccccc2)CC3)c(C)cc1Cl. The second-order valence-corrected chi connectivity index (χ2v) is 7.08. The molecule has 1 unspecified atom stereocenters. The van der Waals surface area contributed by atoms with Crippen LogP contribution in [0.4, 0.5) is 11.6 Å². The summed E-state index contributed by atoms with van der Waals surface area (Å²) in [6, 6.07) is 15.7. The molecule has 0 amide bonds. The molecule has 2 heterocycles. The van der Waals surface area contributed by atoms with Crippen molar-refractivity contribution in [3.05, 3.63) is 80.7 Å². The molecule has 2 aromatic carbocycles. The highest BCUT2D eigenvalue weighted by atomic mass is 35.5. The van der Waals surface area contributed by atoms with E-state index in [2.05, 4.69) is 27.0 Å². The van der Waals surface area contributed by atoms with Gasteiger partial charge in [-0.15, -0.1) is 0 Å². The van der Waals surface area contributed by atoms with Crippen LogP contribution in [0.15, 0.2) is 53.3 Å². The number of benzene rings is 2. The number of nitrogens with one attached hydrogen (secondary N) is 1. The van der Waals surface area contributed by atoms with E-state index in [0.29, 0.717) is 16.7 Å². The van der Waals surface area contributed by atoms with Gasteiger partial charge in [0, 0.05) is 23.5 Å². The van der Waals surface area contributed by atoms with Crippen molar-refractivity contribution in [1.29, 1.82) is 0 Å². The summed E-state index contributed by atoms with van der Waals surface area (Å²) >= 11 is 6.20. The van der Waals surface area contributed by atoms with Crippen LogP contribution < -0.4 is 15.6 Å². The van der Waals surface area contributed by atoms with Gasteiger partial charge in [0.1, 0.15) is 5.75 Å². The van der Waals surface area contributed by atoms with Crippen molar-refractivity contribution in [2.45, 2.75) is 25.8 Å².